The molecule has 146 valence electrons. The number of ether oxygens (including phenoxy) is 3. The molecule has 0 bridgehead atoms. The summed E-state index contributed by atoms with van der Waals surface area (Å²) in [6.45, 7) is 4.23. The average Bonchev–Trinajstić information content (AvgIpc) is 2.99. The minimum Gasteiger partial charge on any atom is -0.481 e. The number of nitrogens with one attached hydrogen (secondary N) is 1. The first-order valence-corrected chi connectivity index (χ1v) is 8.56. The summed E-state index contributed by atoms with van der Waals surface area (Å²) in [5.74, 6) is -1.50. The number of hydrogen-bond donors (Lipinski definition) is 1. The van der Waals surface area contributed by atoms with E-state index in [1.807, 2.05) is 6.07 Å². The molecule has 28 heavy (non-hydrogen) atoms. The van der Waals surface area contributed by atoms with E-state index < -0.39 is 30.9 Å². The number of aromatic amines is 1. The molecule has 0 spiro atoms. The number of carbonyl (C=O) groups is 3. The lowest BCUT2D eigenvalue weighted by Gasteiger charge is -2.08. The zero-order chi connectivity index (χ0) is 20.7. The Labute approximate surface area is 162 Å². The van der Waals surface area contributed by atoms with E-state index in [-0.39, 0.29) is 29.2 Å². The first kappa shape index (κ1) is 20.7. The Balaban J connectivity index is 1.96. The molecule has 0 unspecified atom stereocenters. The van der Waals surface area contributed by atoms with Crippen molar-refractivity contribution < 1.29 is 28.6 Å². The SMILES string of the molecule is CCOC(=O)c1[nH]c(C)c(C(=O)COC(=O)COc2ccccc2C#N)c1C. The number of H-pyrrole nitrogens is 1. The van der Waals surface area contributed by atoms with Gasteiger partial charge in [0.1, 0.15) is 17.5 Å². The summed E-state index contributed by atoms with van der Waals surface area (Å²) in [6, 6.07) is 8.41. The van der Waals surface area contributed by atoms with Crippen LogP contribution in [0.2, 0.25) is 0 Å². The van der Waals surface area contributed by atoms with Crippen LogP contribution in [0.15, 0.2) is 24.3 Å². The van der Waals surface area contributed by atoms with Crippen LogP contribution in [0.5, 0.6) is 5.75 Å². The molecule has 0 fully saturated rings. The summed E-state index contributed by atoms with van der Waals surface area (Å²) < 4.78 is 15.2. The van der Waals surface area contributed by atoms with E-state index in [0.717, 1.165) is 0 Å². The van der Waals surface area contributed by atoms with Crippen LogP contribution < -0.4 is 4.74 Å². The van der Waals surface area contributed by atoms with Gasteiger partial charge in [0.2, 0.25) is 5.78 Å². The van der Waals surface area contributed by atoms with Crippen LogP contribution in [-0.2, 0) is 14.3 Å². The van der Waals surface area contributed by atoms with Gasteiger partial charge in [0.05, 0.1) is 12.2 Å². The third kappa shape index (κ3) is 4.76. The largest absolute Gasteiger partial charge is 0.481 e. The number of aryl methyl sites for hydroxylation is 1. The van der Waals surface area contributed by atoms with Gasteiger partial charge in [0, 0.05) is 11.3 Å². The van der Waals surface area contributed by atoms with Crippen LogP contribution in [0.25, 0.3) is 0 Å². The first-order valence-electron chi connectivity index (χ1n) is 8.56. The van der Waals surface area contributed by atoms with Gasteiger partial charge >= 0.3 is 11.9 Å². The first-order chi connectivity index (χ1) is 13.4. The fraction of sp³-hybridized carbons (Fsp3) is 0.300. The molecule has 0 radical (unpaired) electrons. The Morgan fingerprint density at radius 2 is 1.82 bits per heavy atom. The molecular weight excluding hydrogens is 364 g/mol. The molecule has 2 aromatic rings. The number of para-hydroxylation sites is 1. The van der Waals surface area contributed by atoms with Gasteiger partial charge in [-0.1, -0.05) is 12.1 Å². The summed E-state index contributed by atoms with van der Waals surface area (Å²) in [6.07, 6.45) is 0. The number of carbonyl (C=O) groups excluding carboxylic acids is 3. The molecule has 2 rings (SSSR count). The number of nitriles is 1. The zero-order valence-electron chi connectivity index (χ0n) is 15.8. The van der Waals surface area contributed by atoms with Gasteiger partial charge in [-0.3, -0.25) is 4.79 Å². The van der Waals surface area contributed by atoms with Crippen LogP contribution in [-0.4, -0.2) is 42.5 Å². The monoisotopic (exact) mass is 384 g/mol. The summed E-state index contributed by atoms with van der Waals surface area (Å²) in [4.78, 5) is 39.0. The summed E-state index contributed by atoms with van der Waals surface area (Å²) in [5.41, 5.74) is 1.70. The van der Waals surface area contributed by atoms with Crippen LogP contribution in [0.3, 0.4) is 0 Å². The molecule has 8 nitrogen and oxygen atoms in total. The Hall–Kier alpha value is -3.60. The number of benzene rings is 1. The number of esters is 2. The molecule has 0 saturated carbocycles. The van der Waals surface area contributed by atoms with Crippen molar-refractivity contribution in [3.8, 4) is 11.8 Å². The minimum absolute atomic E-state index is 0.200. The van der Waals surface area contributed by atoms with E-state index in [1.54, 1.807) is 45.0 Å². The van der Waals surface area contributed by atoms with E-state index in [9.17, 15) is 14.4 Å². The molecule has 1 N–H and O–H groups in total. The Morgan fingerprint density at radius 1 is 1.11 bits per heavy atom. The van der Waals surface area contributed by atoms with Gasteiger partial charge in [-0.15, -0.1) is 0 Å². The number of aromatic nitrogens is 1. The molecule has 0 aliphatic rings. The van der Waals surface area contributed by atoms with Crippen molar-refractivity contribution in [1.82, 2.24) is 4.98 Å². The van der Waals surface area contributed by atoms with Gasteiger partial charge in [-0.05, 0) is 38.5 Å². The molecule has 1 aromatic heterocycles. The lowest BCUT2D eigenvalue weighted by atomic mass is 10.1. The Morgan fingerprint density at radius 3 is 2.50 bits per heavy atom. The van der Waals surface area contributed by atoms with Crippen LogP contribution >= 0.6 is 0 Å². The number of hydrogen-bond acceptors (Lipinski definition) is 7. The average molecular weight is 384 g/mol. The molecule has 1 aromatic carbocycles. The van der Waals surface area contributed by atoms with Crippen LogP contribution in [0, 0.1) is 25.2 Å². The number of Topliss-reactive ketones (excluding diaryl/α,β-unsaturated/α-hetero) is 1. The lowest BCUT2D eigenvalue weighted by molar-refractivity contribution is -0.144. The van der Waals surface area contributed by atoms with Crippen molar-refractivity contribution in [1.29, 1.82) is 5.26 Å². The topological polar surface area (TPSA) is 118 Å². The van der Waals surface area contributed by atoms with Gasteiger partial charge in [0.25, 0.3) is 0 Å². The van der Waals surface area contributed by atoms with Gasteiger partial charge < -0.3 is 19.2 Å². The summed E-state index contributed by atoms with van der Waals surface area (Å²) in [7, 11) is 0. The lowest BCUT2D eigenvalue weighted by Crippen LogP contribution is -2.20. The molecule has 0 amide bonds. The summed E-state index contributed by atoms with van der Waals surface area (Å²) >= 11 is 0. The number of ketones is 1. The quantitative estimate of drug-likeness (QED) is 0.548. The fourth-order valence-corrected chi connectivity index (χ4v) is 2.66. The van der Waals surface area contributed by atoms with Crippen molar-refractivity contribution in [3.05, 3.63) is 52.3 Å². The van der Waals surface area contributed by atoms with E-state index >= 15 is 0 Å². The second kappa shape index (κ2) is 9.37. The normalized spacial score (nSPS) is 10.1. The highest BCUT2D eigenvalue weighted by molar-refractivity contribution is 6.03. The molecule has 1 heterocycles. The van der Waals surface area contributed by atoms with Crippen LogP contribution in [0.1, 0.15) is 44.6 Å². The fourth-order valence-electron chi connectivity index (χ4n) is 2.66. The highest BCUT2D eigenvalue weighted by atomic mass is 16.6. The second-order valence-electron chi connectivity index (χ2n) is 5.83. The van der Waals surface area contributed by atoms with Gasteiger partial charge in [-0.2, -0.15) is 5.26 Å². The molecule has 8 heteroatoms. The highest BCUT2D eigenvalue weighted by Crippen LogP contribution is 2.20. The number of rotatable bonds is 8. The van der Waals surface area contributed by atoms with Crippen LogP contribution in [0.4, 0.5) is 0 Å². The standard InChI is InChI=1S/C20H20N2O6/c1-4-26-20(25)19-12(2)18(13(3)22-19)15(23)10-28-17(24)11-27-16-8-6-5-7-14(16)9-21/h5-8,22H,4,10-11H2,1-3H3. The molecule has 0 atom stereocenters. The molecule has 0 aliphatic carbocycles. The molecule has 0 aliphatic heterocycles. The van der Waals surface area contributed by atoms with Gasteiger partial charge in [-0.25, -0.2) is 9.59 Å². The van der Waals surface area contributed by atoms with Crippen molar-refractivity contribution in [3.63, 3.8) is 0 Å². The maximum absolute atomic E-state index is 12.4. The molecular formula is C20H20N2O6. The third-order valence-corrected chi connectivity index (χ3v) is 3.91. The third-order valence-electron chi connectivity index (χ3n) is 3.91. The maximum Gasteiger partial charge on any atom is 0.355 e. The predicted molar refractivity (Wildman–Crippen MR) is 98.2 cm³/mol. The molecule has 0 saturated heterocycles. The van der Waals surface area contributed by atoms with Crippen molar-refractivity contribution in [2.75, 3.05) is 19.8 Å². The van der Waals surface area contributed by atoms with Crippen molar-refractivity contribution in [2.45, 2.75) is 20.8 Å². The van der Waals surface area contributed by atoms with E-state index in [0.29, 0.717) is 11.3 Å². The number of nitrogens with zero attached hydrogens (tertiary/aromatic N) is 1. The second-order valence-corrected chi connectivity index (χ2v) is 5.83. The van der Waals surface area contributed by atoms with E-state index in [1.165, 1.54) is 0 Å². The zero-order valence-corrected chi connectivity index (χ0v) is 15.8. The Bertz CT molecular complexity index is 939. The van der Waals surface area contributed by atoms with E-state index in [2.05, 4.69) is 4.98 Å². The smallest absolute Gasteiger partial charge is 0.355 e. The maximum atomic E-state index is 12.4. The van der Waals surface area contributed by atoms with Crippen molar-refractivity contribution in [2.24, 2.45) is 0 Å². The minimum atomic E-state index is -0.752. The Kier molecular flexibility index (Phi) is 6.93. The summed E-state index contributed by atoms with van der Waals surface area (Å²) in [5, 5.41) is 8.99. The predicted octanol–water partition coefficient (Wildman–Crippen LogP) is 2.48. The van der Waals surface area contributed by atoms with Gasteiger partial charge in [0.15, 0.2) is 13.2 Å². The van der Waals surface area contributed by atoms with Crippen molar-refractivity contribution >= 4 is 17.7 Å². The van der Waals surface area contributed by atoms with E-state index in [4.69, 9.17) is 19.5 Å². The highest BCUT2D eigenvalue weighted by Gasteiger charge is 2.23.